The zero-order chi connectivity index (χ0) is 11.4. The highest BCUT2D eigenvalue weighted by molar-refractivity contribution is 4.89. The van der Waals surface area contributed by atoms with Crippen LogP contribution >= 0.6 is 0 Å². The molecule has 0 saturated carbocycles. The zero-order valence-corrected chi connectivity index (χ0v) is 10.2. The van der Waals surface area contributed by atoms with Gasteiger partial charge in [-0.3, -0.25) is 0 Å². The fourth-order valence-electron chi connectivity index (χ4n) is 2.51. The molecule has 1 aliphatic rings. The SMILES string of the molecule is CCN1CCC(NCc2ncc[nH]2)CC1C. The average molecular weight is 222 g/mol. The molecule has 16 heavy (non-hydrogen) atoms. The highest BCUT2D eigenvalue weighted by atomic mass is 15.2. The normalized spacial score (nSPS) is 27.1. The minimum Gasteiger partial charge on any atom is -0.348 e. The molecule has 2 heterocycles. The van der Waals surface area contributed by atoms with Crippen molar-refractivity contribution in [3.63, 3.8) is 0 Å². The number of aromatic amines is 1. The largest absolute Gasteiger partial charge is 0.348 e. The maximum atomic E-state index is 4.22. The monoisotopic (exact) mass is 222 g/mol. The first-order valence-corrected chi connectivity index (χ1v) is 6.25. The maximum absolute atomic E-state index is 4.22. The van der Waals surface area contributed by atoms with Crippen LogP contribution in [0, 0.1) is 0 Å². The van der Waals surface area contributed by atoms with Crippen molar-refractivity contribution in [3.8, 4) is 0 Å². The molecule has 2 N–H and O–H groups in total. The molecule has 1 aromatic rings. The Kier molecular flexibility index (Phi) is 3.96. The fraction of sp³-hybridized carbons (Fsp3) is 0.750. The average Bonchev–Trinajstić information content (AvgIpc) is 2.79. The van der Waals surface area contributed by atoms with Gasteiger partial charge in [-0.05, 0) is 32.9 Å². The molecular formula is C12H22N4. The number of H-pyrrole nitrogens is 1. The Balaban J connectivity index is 1.75. The Morgan fingerprint density at radius 2 is 2.50 bits per heavy atom. The van der Waals surface area contributed by atoms with Gasteiger partial charge >= 0.3 is 0 Å². The van der Waals surface area contributed by atoms with Gasteiger partial charge in [-0.25, -0.2) is 4.98 Å². The summed E-state index contributed by atoms with van der Waals surface area (Å²) in [4.78, 5) is 9.89. The number of imidazole rings is 1. The van der Waals surface area contributed by atoms with E-state index in [0.29, 0.717) is 12.1 Å². The van der Waals surface area contributed by atoms with Crippen LogP contribution in [0.3, 0.4) is 0 Å². The van der Waals surface area contributed by atoms with E-state index in [9.17, 15) is 0 Å². The van der Waals surface area contributed by atoms with Crippen LogP contribution in [0.15, 0.2) is 12.4 Å². The summed E-state index contributed by atoms with van der Waals surface area (Å²) in [7, 11) is 0. The van der Waals surface area contributed by atoms with Gasteiger partial charge in [0.2, 0.25) is 0 Å². The number of aromatic nitrogens is 2. The molecule has 1 aliphatic heterocycles. The van der Waals surface area contributed by atoms with E-state index in [1.807, 2.05) is 6.20 Å². The summed E-state index contributed by atoms with van der Waals surface area (Å²) in [5, 5.41) is 3.58. The minimum atomic E-state index is 0.642. The number of hydrogen-bond acceptors (Lipinski definition) is 3. The molecule has 0 amide bonds. The topological polar surface area (TPSA) is 44.0 Å². The molecule has 2 atom stereocenters. The number of hydrogen-bond donors (Lipinski definition) is 2. The summed E-state index contributed by atoms with van der Waals surface area (Å²) < 4.78 is 0. The summed E-state index contributed by atoms with van der Waals surface area (Å²) in [6.07, 6.45) is 6.17. The van der Waals surface area contributed by atoms with Gasteiger partial charge < -0.3 is 15.2 Å². The molecule has 0 radical (unpaired) electrons. The molecule has 2 rings (SSSR count). The summed E-state index contributed by atoms with van der Waals surface area (Å²) in [5.74, 6) is 1.03. The Hall–Kier alpha value is -0.870. The van der Waals surface area contributed by atoms with Crippen LogP contribution in [0.5, 0.6) is 0 Å². The van der Waals surface area contributed by atoms with E-state index in [0.717, 1.165) is 12.4 Å². The Morgan fingerprint density at radius 3 is 3.12 bits per heavy atom. The molecule has 1 aromatic heterocycles. The predicted molar refractivity (Wildman–Crippen MR) is 65.2 cm³/mol. The standard InChI is InChI=1S/C12H22N4/c1-3-16-7-4-11(8-10(16)2)15-9-12-13-5-6-14-12/h5-6,10-11,15H,3-4,7-9H2,1-2H3,(H,13,14). The third kappa shape index (κ3) is 2.83. The van der Waals surface area contributed by atoms with E-state index < -0.39 is 0 Å². The molecule has 0 bridgehead atoms. The second-order valence-electron chi connectivity index (χ2n) is 4.62. The first kappa shape index (κ1) is 11.6. The van der Waals surface area contributed by atoms with Gasteiger partial charge in [0.05, 0.1) is 6.54 Å². The van der Waals surface area contributed by atoms with Crippen LogP contribution in [0.25, 0.3) is 0 Å². The van der Waals surface area contributed by atoms with Gasteiger partial charge in [-0.15, -0.1) is 0 Å². The lowest BCUT2D eigenvalue weighted by Crippen LogP contribution is -2.47. The van der Waals surface area contributed by atoms with Crippen LogP contribution in [0.1, 0.15) is 32.5 Å². The Morgan fingerprint density at radius 1 is 1.62 bits per heavy atom. The van der Waals surface area contributed by atoms with Gasteiger partial charge in [0.15, 0.2) is 0 Å². The molecule has 0 spiro atoms. The molecule has 0 aliphatic carbocycles. The van der Waals surface area contributed by atoms with E-state index in [1.165, 1.54) is 25.9 Å². The van der Waals surface area contributed by atoms with E-state index >= 15 is 0 Å². The highest BCUT2D eigenvalue weighted by Gasteiger charge is 2.23. The molecule has 4 heteroatoms. The summed E-state index contributed by atoms with van der Waals surface area (Å²) >= 11 is 0. The molecule has 0 aromatic carbocycles. The van der Waals surface area contributed by atoms with Crippen LogP contribution in [-0.2, 0) is 6.54 Å². The number of rotatable bonds is 4. The lowest BCUT2D eigenvalue weighted by atomic mass is 9.98. The molecule has 1 fully saturated rings. The maximum Gasteiger partial charge on any atom is 0.120 e. The van der Waals surface area contributed by atoms with Gasteiger partial charge in [-0.2, -0.15) is 0 Å². The molecular weight excluding hydrogens is 200 g/mol. The highest BCUT2D eigenvalue weighted by Crippen LogP contribution is 2.16. The second-order valence-corrected chi connectivity index (χ2v) is 4.62. The smallest absolute Gasteiger partial charge is 0.120 e. The van der Waals surface area contributed by atoms with Crippen molar-refractivity contribution in [1.29, 1.82) is 0 Å². The van der Waals surface area contributed by atoms with E-state index in [4.69, 9.17) is 0 Å². The number of piperidine rings is 1. The zero-order valence-electron chi connectivity index (χ0n) is 10.2. The van der Waals surface area contributed by atoms with Crippen LogP contribution in [0.4, 0.5) is 0 Å². The van der Waals surface area contributed by atoms with Crippen molar-refractivity contribution in [1.82, 2.24) is 20.2 Å². The number of nitrogens with one attached hydrogen (secondary N) is 2. The lowest BCUT2D eigenvalue weighted by Gasteiger charge is -2.37. The van der Waals surface area contributed by atoms with Crippen molar-refractivity contribution in [2.45, 2.75) is 45.3 Å². The van der Waals surface area contributed by atoms with Crippen LogP contribution in [-0.4, -0.2) is 40.0 Å². The molecule has 4 nitrogen and oxygen atoms in total. The Labute approximate surface area is 97.4 Å². The molecule has 90 valence electrons. The van der Waals surface area contributed by atoms with Gasteiger partial charge in [0.1, 0.15) is 5.82 Å². The van der Waals surface area contributed by atoms with Gasteiger partial charge in [0.25, 0.3) is 0 Å². The van der Waals surface area contributed by atoms with Gasteiger partial charge in [-0.1, -0.05) is 6.92 Å². The second kappa shape index (κ2) is 5.46. The summed E-state index contributed by atoms with van der Waals surface area (Å²) in [6.45, 7) is 7.81. The lowest BCUT2D eigenvalue weighted by molar-refractivity contribution is 0.142. The third-order valence-corrected chi connectivity index (χ3v) is 3.53. The number of nitrogens with zero attached hydrogens (tertiary/aromatic N) is 2. The van der Waals surface area contributed by atoms with Crippen molar-refractivity contribution < 1.29 is 0 Å². The summed E-state index contributed by atoms with van der Waals surface area (Å²) in [6, 6.07) is 1.34. The fourth-order valence-corrected chi connectivity index (χ4v) is 2.51. The van der Waals surface area contributed by atoms with E-state index in [1.54, 1.807) is 6.20 Å². The van der Waals surface area contributed by atoms with Crippen LogP contribution in [0.2, 0.25) is 0 Å². The van der Waals surface area contributed by atoms with E-state index in [2.05, 4.69) is 34.0 Å². The first-order valence-electron chi connectivity index (χ1n) is 6.25. The van der Waals surface area contributed by atoms with E-state index in [-0.39, 0.29) is 0 Å². The summed E-state index contributed by atoms with van der Waals surface area (Å²) in [5.41, 5.74) is 0. The number of likely N-dealkylation sites (tertiary alicyclic amines) is 1. The first-order chi connectivity index (χ1) is 7.79. The minimum absolute atomic E-state index is 0.642. The van der Waals surface area contributed by atoms with Crippen LogP contribution < -0.4 is 5.32 Å². The Bertz CT molecular complexity index is 296. The third-order valence-electron chi connectivity index (χ3n) is 3.53. The predicted octanol–water partition coefficient (Wildman–Crippen LogP) is 1.37. The van der Waals surface area contributed by atoms with Crippen molar-refractivity contribution in [3.05, 3.63) is 18.2 Å². The van der Waals surface area contributed by atoms with Crippen molar-refractivity contribution in [2.24, 2.45) is 0 Å². The van der Waals surface area contributed by atoms with Crippen molar-refractivity contribution >= 4 is 0 Å². The van der Waals surface area contributed by atoms with Gasteiger partial charge in [0, 0.05) is 24.5 Å². The quantitative estimate of drug-likeness (QED) is 0.808. The van der Waals surface area contributed by atoms with Crippen molar-refractivity contribution in [2.75, 3.05) is 13.1 Å². The molecule has 1 saturated heterocycles. The molecule has 2 unspecified atom stereocenters.